The van der Waals surface area contributed by atoms with Crippen molar-refractivity contribution < 1.29 is 13.6 Å². The lowest BCUT2D eigenvalue weighted by Crippen LogP contribution is -2.10. The molecule has 0 fully saturated rings. The summed E-state index contributed by atoms with van der Waals surface area (Å²) in [5.74, 6) is -1.17. The van der Waals surface area contributed by atoms with Crippen LogP contribution in [-0.4, -0.2) is 17.2 Å². The molecule has 2 rings (SSSR count). The number of para-hydroxylation sites is 1. The van der Waals surface area contributed by atoms with Crippen molar-refractivity contribution in [3.05, 3.63) is 36.0 Å². The van der Waals surface area contributed by atoms with Crippen LogP contribution in [-0.2, 0) is 0 Å². The van der Waals surface area contributed by atoms with Gasteiger partial charge in [0.25, 0.3) is 0 Å². The molecule has 0 aliphatic carbocycles. The van der Waals surface area contributed by atoms with Gasteiger partial charge in [-0.25, -0.2) is 8.78 Å². The van der Waals surface area contributed by atoms with Crippen molar-refractivity contribution in [3.8, 4) is 0 Å². The van der Waals surface area contributed by atoms with Crippen LogP contribution in [0.2, 0.25) is 0 Å². The van der Waals surface area contributed by atoms with Crippen LogP contribution in [0.25, 0.3) is 10.9 Å². The molecule has 0 aliphatic rings. The van der Waals surface area contributed by atoms with E-state index in [1.54, 1.807) is 24.3 Å². The van der Waals surface area contributed by atoms with Crippen molar-refractivity contribution >= 4 is 16.7 Å². The Morgan fingerprint density at radius 3 is 2.64 bits per heavy atom. The number of hydrogen-bond acceptors (Lipinski definition) is 1. The molecule has 2 nitrogen and oxygen atoms in total. The fourth-order valence-corrected chi connectivity index (χ4v) is 1.32. The molecule has 1 aromatic heterocycles. The largest absolute Gasteiger partial charge is 0.352 e. The number of benzene rings is 1. The average molecular weight is 195 g/mol. The molecule has 1 heterocycles. The monoisotopic (exact) mass is 195 g/mol. The zero-order valence-electron chi connectivity index (χ0n) is 7.13. The van der Waals surface area contributed by atoms with Gasteiger partial charge in [-0.3, -0.25) is 4.79 Å². The van der Waals surface area contributed by atoms with Gasteiger partial charge in [0.2, 0.25) is 5.78 Å². The first-order valence-corrected chi connectivity index (χ1v) is 4.08. The summed E-state index contributed by atoms with van der Waals surface area (Å²) in [6.07, 6.45) is -2.96. The molecule has 4 heteroatoms. The lowest BCUT2D eigenvalue weighted by Gasteiger charge is -1.93. The number of fused-ring (bicyclic) bond motifs is 1. The molecule has 0 unspecified atom stereocenters. The molecule has 0 radical (unpaired) electrons. The van der Waals surface area contributed by atoms with Gasteiger partial charge in [-0.2, -0.15) is 0 Å². The quantitative estimate of drug-likeness (QED) is 0.734. The molecule has 0 saturated carbocycles. The van der Waals surface area contributed by atoms with E-state index in [-0.39, 0.29) is 5.69 Å². The van der Waals surface area contributed by atoms with E-state index < -0.39 is 12.2 Å². The Balaban J connectivity index is 2.50. The van der Waals surface area contributed by atoms with E-state index in [2.05, 4.69) is 4.98 Å². The normalized spacial score (nSPS) is 11.1. The Hall–Kier alpha value is -1.71. The Bertz CT molecular complexity index is 443. The number of aromatic amines is 1. The van der Waals surface area contributed by atoms with Crippen LogP contribution in [0.15, 0.2) is 30.3 Å². The van der Waals surface area contributed by atoms with Crippen LogP contribution in [0.5, 0.6) is 0 Å². The van der Waals surface area contributed by atoms with Crippen LogP contribution in [0.1, 0.15) is 10.5 Å². The van der Waals surface area contributed by atoms with Crippen LogP contribution >= 0.6 is 0 Å². The smallest absolute Gasteiger partial charge is 0.302 e. The zero-order valence-corrected chi connectivity index (χ0v) is 7.13. The van der Waals surface area contributed by atoms with Gasteiger partial charge in [-0.05, 0) is 12.1 Å². The predicted molar refractivity (Wildman–Crippen MR) is 48.6 cm³/mol. The van der Waals surface area contributed by atoms with Crippen LogP contribution < -0.4 is 0 Å². The number of aromatic nitrogens is 1. The number of Topliss-reactive ketones (excluding diaryl/α,β-unsaturated/α-hetero) is 1. The van der Waals surface area contributed by atoms with E-state index in [0.717, 1.165) is 5.39 Å². The maximum Gasteiger partial charge on any atom is 0.302 e. The van der Waals surface area contributed by atoms with Gasteiger partial charge in [-0.1, -0.05) is 18.2 Å². The van der Waals surface area contributed by atoms with E-state index in [4.69, 9.17) is 0 Å². The lowest BCUT2D eigenvalue weighted by atomic mass is 10.2. The van der Waals surface area contributed by atoms with Crippen LogP contribution in [0.3, 0.4) is 0 Å². The number of H-pyrrole nitrogens is 1. The maximum atomic E-state index is 12.1. The van der Waals surface area contributed by atoms with Crippen LogP contribution in [0.4, 0.5) is 8.78 Å². The number of halogens is 2. The van der Waals surface area contributed by atoms with E-state index in [0.29, 0.717) is 5.52 Å². The molecule has 0 saturated heterocycles. The number of alkyl halides is 2. The van der Waals surface area contributed by atoms with Gasteiger partial charge in [0.05, 0.1) is 5.69 Å². The first-order valence-electron chi connectivity index (χ1n) is 4.08. The predicted octanol–water partition coefficient (Wildman–Crippen LogP) is 2.62. The highest BCUT2D eigenvalue weighted by Crippen LogP contribution is 2.16. The Labute approximate surface area is 78.5 Å². The lowest BCUT2D eigenvalue weighted by molar-refractivity contribution is 0.0674. The van der Waals surface area contributed by atoms with Crippen molar-refractivity contribution in [3.63, 3.8) is 0 Å². The molecule has 72 valence electrons. The fraction of sp³-hybridized carbons (Fsp3) is 0.100. The van der Waals surface area contributed by atoms with Crippen molar-refractivity contribution in [2.75, 3.05) is 0 Å². The Morgan fingerprint density at radius 1 is 1.29 bits per heavy atom. The number of carbonyl (C=O) groups is 1. The van der Waals surface area contributed by atoms with Crippen molar-refractivity contribution in [2.45, 2.75) is 6.43 Å². The van der Waals surface area contributed by atoms with Gasteiger partial charge in [0, 0.05) is 10.9 Å². The van der Waals surface area contributed by atoms with Gasteiger partial charge in [0.15, 0.2) is 0 Å². The summed E-state index contributed by atoms with van der Waals surface area (Å²) in [5, 5.41) is 0.761. The van der Waals surface area contributed by atoms with Gasteiger partial charge in [-0.15, -0.1) is 0 Å². The zero-order chi connectivity index (χ0) is 10.1. The second kappa shape index (κ2) is 3.21. The second-order valence-electron chi connectivity index (χ2n) is 2.94. The van der Waals surface area contributed by atoms with Gasteiger partial charge >= 0.3 is 6.43 Å². The van der Waals surface area contributed by atoms with Crippen molar-refractivity contribution in [1.29, 1.82) is 0 Å². The average Bonchev–Trinajstić information content (AvgIpc) is 2.59. The molecule has 0 aliphatic heterocycles. The third-order valence-electron chi connectivity index (χ3n) is 1.99. The third kappa shape index (κ3) is 1.39. The van der Waals surface area contributed by atoms with E-state index in [1.807, 2.05) is 0 Å². The maximum absolute atomic E-state index is 12.1. The minimum absolute atomic E-state index is 0.0406. The topological polar surface area (TPSA) is 32.9 Å². The number of hydrogen-bond donors (Lipinski definition) is 1. The first kappa shape index (κ1) is 8.87. The first-order chi connectivity index (χ1) is 6.68. The Kier molecular flexibility index (Phi) is 2.04. The Morgan fingerprint density at radius 2 is 2.00 bits per heavy atom. The SMILES string of the molecule is O=C(c1cc2ccccc2[nH]1)C(F)F. The molecule has 0 bridgehead atoms. The fourth-order valence-electron chi connectivity index (χ4n) is 1.32. The summed E-state index contributed by atoms with van der Waals surface area (Å²) in [6.45, 7) is 0. The highest BCUT2D eigenvalue weighted by molar-refractivity contribution is 6.01. The number of ketones is 1. The minimum Gasteiger partial charge on any atom is -0.352 e. The summed E-state index contributed by atoms with van der Waals surface area (Å²) < 4.78 is 24.1. The number of rotatable bonds is 2. The molecule has 2 aromatic rings. The summed E-state index contributed by atoms with van der Waals surface area (Å²) >= 11 is 0. The number of nitrogens with one attached hydrogen (secondary N) is 1. The molecule has 1 N–H and O–H groups in total. The van der Waals surface area contributed by atoms with Crippen molar-refractivity contribution in [2.24, 2.45) is 0 Å². The highest BCUT2D eigenvalue weighted by Gasteiger charge is 2.19. The third-order valence-corrected chi connectivity index (χ3v) is 1.99. The number of carbonyl (C=O) groups excluding carboxylic acids is 1. The summed E-state index contributed by atoms with van der Waals surface area (Å²) in [5.41, 5.74) is 0.651. The van der Waals surface area contributed by atoms with E-state index >= 15 is 0 Å². The molecule has 1 aromatic carbocycles. The highest BCUT2D eigenvalue weighted by atomic mass is 19.3. The molecular formula is C10H7F2NO. The molecule has 0 spiro atoms. The second-order valence-corrected chi connectivity index (χ2v) is 2.94. The standard InChI is InChI=1S/C10H7F2NO/c11-10(12)9(14)8-5-6-3-1-2-4-7(6)13-8/h1-5,10,13H. The summed E-state index contributed by atoms with van der Waals surface area (Å²) in [4.78, 5) is 13.6. The summed E-state index contributed by atoms with van der Waals surface area (Å²) in [7, 11) is 0. The van der Waals surface area contributed by atoms with Crippen molar-refractivity contribution in [1.82, 2.24) is 4.98 Å². The van der Waals surface area contributed by atoms with E-state index in [1.165, 1.54) is 6.07 Å². The molecule has 0 atom stereocenters. The van der Waals surface area contributed by atoms with Gasteiger partial charge in [0.1, 0.15) is 0 Å². The molecule has 14 heavy (non-hydrogen) atoms. The minimum atomic E-state index is -2.96. The van der Waals surface area contributed by atoms with E-state index in [9.17, 15) is 13.6 Å². The van der Waals surface area contributed by atoms with Crippen LogP contribution in [0, 0.1) is 0 Å². The summed E-state index contributed by atoms with van der Waals surface area (Å²) in [6, 6.07) is 8.48. The van der Waals surface area contributed by atoms with Gasteiger partial charge < -0.3 is 4.98 Å². The molecular weight excluding hydrogens is 188 g/mol. The molecule has 0 amide bonds.